The molecule has 0 aliphatic carbocycles. The number of aliphatic hydroxyl groups excluding tert-OH is 1. The summed E-state index contributed by atoms with van der Waals surface area (Å²) in [4.78, 5) is 31.7. The van der Waals surface area contributed by atoms with Crippen LogP contribution in [0.4, 0.5) is 0 Å². The Labute approximate surface area is 220 Å². The summed E-state index contributed by atoms with van der Waals surface area (Å²) in [5.74, 6) is -1.24. The topological polar surface area (TPSA) is 66.8 Å². The zero-order valence-corrected chi connectivity index (χ0v) is 22.8. The first-order chi connectivity index (χ1) is 14.7. The lowest BCUT2D eigenvalue weighted by atomic mass is 9.90. The van der Waals surface area contributed by atoms with E-state index in [0.717, 1.165) is 28.7 Å². The third kappa shape index (κ3) is 4.11. The number of hydrogen-bond donors (Lipinski definition) is 1. The third-order valence-electron chi connectivity index (χ3n) is 5.02. The summed E-state index contributed by atoms with van der Waals surface area (Å²) in [5, 5.41) is 13.3. The highest BCUT2D eigenvalue weighted by molar-refractivity contribution is 14.1. The molecule has 0 fully saturated rings. The first-order valence-electron chi connectivity index (χ1n) is 9.27. The van der Waals surface area contributed by atoms with Crippen LogP contribution in [0.2, 0.25) is 0 Å². The summed E-state index contributed by atoms with van der Waals surface area (Å²) < 4.78 is 2.34. The molecule has 1 heterocycles. The van der Waals surface area contributed by atoms with Gasteiger partial charge in [0.05, 0.1) is 11.1 Å². The number of halogens is 3. The average molecular weight is 751 g/mol. The first-order valence-corrected chi connectivity index (χ1v) is 12.5. The molecule has 0 bridgehead atoms. The number of rotatable bonds is 4. The quantitative estimate of drug-likeness (QED) is 0.202. The Morgan fingerprint density at radius 2 is 1.84 bits per heavy atom. The molecule has 31 heavy (non-hydrogen) atoms. The van der Waals surface area contributed by atoms with Gasteiger partial charge >= 0.3 is 5.97 Å². The molecule has 1 unspecified atom stereocenters. The zero-order valence-electron chi connectivity index (χ0n) is 16.3. The Balaban J connectivity index is 1.76. The maximum absolute atomic E-state index is 13.2. The lowest BCUT2D eigenvalue weighted by Gasteiger charge is -2.32. The summed E-state index contributed by atoms with van der Waals surface area (Å²) >= 11 is 6.28. The van der Waals surface area contributed by atoms with Gasteiger partial charge in [0, 0.05) is 21.7 Å². The van der Waals surface area contributed by atoms with E-state index >= 15 is 0 Å². The predicted molar refractivity (Wildman–Crippen MR) is 144 cm³/mol. The molecule has 0 aromatic heterocycles. The highest BCUT2D eigenvalue weighted by atomic mass is 127. The minimum atomic E-state index is -1.40. The molecule has 0 spiro atoms. The highest BCUT2D eigenvalue weighted by Crippen LogP contribution is 2.38. The van der Waals surface area contributed by atoms with Crippen molar-refractivity contribution < 1.29 is 19.5 Å². The van der Waals surface area contributed by atoms with E-state index in [1.165, 1.54) is 0 Å². The Kier molecular flexibility index (Phi) is 6.62. The van der Waals surface area contributed by atoms with Gasteiger partial charge in [-0.05, 0) is 110 Å². The van der Waals surface area contributed by atoms with E-state index in [1.807, 2.05) is 37.3 Å². The van der Waals surface area contributed by atoms with Gasteiger partial charge in [-0.1, -0.05) is 36.4 Å². The van der Waals surface area contributed by atoms with Crippen molar-refractivity contribution in [3.63, 3.8) is 0 Å². The Morgan fingerprint density at radius 3 is 2.55 bits per heavy atom. The molecular formula is C23H16I3NO4. The van der Waals surface area contributed by atoms with Gasteiger partial charge in [-0.25, -0.2) is 4.79 Å². The van der Waals surface area contributed by atoms with Crippen LogP contribution in [0.1, 0.15) is 45.0 Å². The molecule has 1 atom stereocenters. The lowest BCUT2D eigenvalue weighted by Crippen LogP contribution is -2.40. The standard InChI is InChI=1S/C23H16I3NO4/c1-11(2)10-12-6-7-15-18-13(12)4-3-5-14(18)21(28)27(22(15)29)31-23(30)19-16(24)8-9-17(25)20(19)26/h3-9,21,28H,1,10H2,2H3. The van der Waals surface area contributed by atoms with E-state index in [2.05, 4.69) is 74.4 Å². The SMILES string of the molecule is C=C(C)Cc1ccc2c3c(cccc13)C(O)N(OC(=O)c1c(I)ccc(I)c1I)C2=O. The van der Waals surface area contributed by atoms with Crippen LogP contribution in [0.15, 0.2) is 54.6 Å². The van der Waals surface area contributed by atoms with Crippen LogP contribution in [0.3, 0.4) is 0 Å². The number of benzene rings is 3. The molecule has 0 saturated carbocycles. The molecule has 1 aliphatic heterocycles. The van der Waals surface area contributed by atoms with E-state index in [-0.39, 0.29) is 0 Å². The molecule has 1 amide bonds. The van der Waals surface area contributed by atoms with E-state index in [4.69, 9.17) is 4.84 Å². The number of allylic oxidation sites excluding steroid dienone is 1. The second-order valence-corrected chi connectivity index (χ2v) is 10.7. The predicted octanol–water partition coefficient (Wildman–Crippen LogP) is 5.99. The summed E-state index contributed by atoms with van der Waals surface area (Å²) in [6.45, 7) is 5.92. The van der Waals surface area contributed by atoms with Gasteiger partial charge in [0.1, 0.15) is 0 Å². The number of carbonyl (C=O) groups is 2. The van der Waals surface area contributed by atoms with Crippen molar-refractivity contribution in [3.8, 4) is 0 Å². The van der Waals surface area contributed by atoms with Crippen molar-refractivity contribution in [1.29, 1.82) is 0 Å². The Morgan fingerprint density at radius 1 is 1.13 bits per heavy atom. The molecule has 8 heteroatoms. The molecule has 5 nitrogen and oxygen atoms in total. The smallest absolute Gasteiger partial charge is 0.365 e. The van der Waals surface area contributed by atoms with Crippen LogP contribution in [0.25, 0.3) is 10.8 Å². The molecule has 1 aliphatic rings. The van der Waals surface area contributed by atoms with Gasteiger partial charge in [0.25, 0.3) is 5.91 Å². The normalized spacial score (nSPS) is 15.3. The molecule has 3 aromatic carbocycles. The maximum Gasteiger partial charge on any atom is 0.365 e. The monoisotopic (exact) mass is 751 g/mol. The van der Waals surface area contributed by atoms with Gasteiger partial charge in [0.15, 0.2) is 6.23 Å². The second-order valence-electron chi connectivity index (χ2n) is 7.28. The summed E-state index contributed by atoms with van der Waals surface area (Å²) in [6.07, 6.45) is -0.724. The van der Waals surface area contributed by atoms with E-state index in [1.54, 1.807) is 12.1 Å². The van der Waals surface area contributed by atoms with Crippen LogP contribution in [0, 0.1) is 10.7 Å². The summed E-state index contributed by atoms with van der Waals surface area (Å²) in [6, 6.07) is 12.8. The van der Waals surface area contributed by atoms with Crippen molar-refractivity contribution >= 4 is 90.4 Å². The average Bonchev–Trinajstić information content (AvgIpc) is 2.72. The fourth-order valence-electron chi connectivity index (χ4n) is 3.66. The number of nitrogens with zero attached hydrogens (tertiary/aromatic N) is 1. The third-order valence-corrected chi connectivity index (χ3v) is 8.97. The molecule has 1 N–H and O–H groups in total. The van der Waals surface area contributed by atoms with Crippen molar-refractivity contribution in [2.45, 2.75) is 19.6 Å². The van der Waals surface area contributed by atoms with Crippen LogP contribution in [0.5, 0.6) is 0 Å². The molecular weight excluding hydrogens is 735 g/mol. The van der Waals surface area contributed by atoms with Crippen molar-refractivity contribution in [3.05, 3.63) is 87.6 Å². The Hall–Kier alpha value is -1.25. The van der Waals surface area contributed by atoms with Crippen LogP contribution in [-0.4, -0.2) is 22.0 Å². The minimum Gasteiger partial charge on any atom is -0.367 e. The van der Waals surface area contributed by atoms with Crippen molar-refractivity contribution in [2.75, 3.05) is 0 Å². The molecule has 3 aromatic rings. The molecule has 158 valence electrons. The Bertz CT molecular complexity index is 1270. The van der Waals surface area contributed by atoms with Gasteiger partial charge in [-0.3, -0.25) is 4.79 Å². The van der Waals surface area contributed by atoms with Gasteiger partial charge in [0.2, 0.25) is 0 Å². The first kappa shape index (κ1) is 22.9. The van der Waals surface area contributed by atoms with Gasteiger partial charge in [-0.2, -0.15) is 0 Å². The summed E-state index contributed by atoms with van der Waals surface area (Å²) in [5.41, 5.74) is 3.31. The number of amides is 1. The van der Waals surface area contributed by atoms with E-state index in [0.29, 0.717) is 32.1 Å². The van der Waals surface area contributed by atoms with Gasteiger partial charge < -0.3 is 9.94 Å². The maximum atomic E-state index is 13.2. The van der Waals surface area contributed by atoms with Crippen molar-refractivity contribution in [1.82, 2.24) is 5.06 Å². The molecule has 0 saturated heterocycles. The molecule has 0 radical (unpaired) electrons. The number of aliphatic hydroxyl groups is 1. The van der Waals surface area contributed by atoms with Gasteiger partial charge in [-0.15, -0.1) is 5.06 Å². The molecule has 4 rings (SSSR count). The minimum absolute atomic E-state index is 0.369. The lowest BCUT2D eigenvalue weighted by molar-refractivity contribution is -0.167. The number of hydroxylamine groups is 2. The van der Waals surface area contributed by atoms with Crippen LogP contribution >= 0.6 is 67.8 Å². The van der Waals surface area contributed by atoms with Crippen LogP contribution < -0.4 is 0 Å². The second kappa shape index (κ2) is 8.94. The number of hydrogen-bond acceptors (Lipinski definition) is 4. The fraction of sp³-hybridized carbons (Fsp3) is 0.130. The largest absolute Gasteiger partial charge is 0.367 e. The van der Waals surface area contributed by atoms with E-state index < -0.39 is 18.1 Å². The zero-order chi connectivity index (χ0) is 22.4. The highest BCUT2D eigenvalue weighted by Gasteiger charge is 2.37. The summed E-state index contributed by atoms with van der Waals surface area (Å²) in [7, 11) is 0. The van der Waals surface area contributed by atoms with Crippen molar-refractivity contribution in [2.24, 2.45) is 0 Å². The van der Waals surface area contributed by atoms with E-state index in [9.17, 15) is 14.7 Å². The van der Waals surface area contributed by atoms with Crippen LogP contribution in [-0.2, 0) is 11.3 Å². The number of carbonyl (C=O) groups excluding carboxylic acids is 2. The fourth-order valence-corrected chi connectivity index (χ4v) is 5.99.